The molecular weight excluding hydrogens is 304 g/mol. The van der Waals surface area contributed by atoms with Crippen LogP contribution in [0.25, 0.3) is 10.1 Å². The van der Waals surface area contributed by atoms with Crippen molar-refractivity contribution in [1.82, 2.24) is 0 Å². The van der Waals surface area contributed by atoms with Gasteiger partial charge in [0.25, 0.3) is 0 Å². The minimum Gasteiger partial charge on any atom is -0.383 e. The topological polar surface area (TPSA) is 20.2 Å². The maximum atomic E-state index is 13.7. The van der Waals surface area contributed by atoms with E-state index in [1.807, 2.05) is 0 Å². The molecule has 1 aromatic heterocycles. The second-order valence-electron chi connectivity index (χ2n) is 4.52. The number of thiophene rings is 1. The molecule has 0 spiro atoms. The van der Waals surface area contributed by atoms with Gasteiger partial charge in [0.05, 0.1) is 5.56 Å². The molecule has 0 fully saturated rings. The molecule has 0 bridgehead atoms. The van der Waals surface area contributed by atoms with Gasteiger partial charge in [0.15, 0.2) is 0 Å². The molecule has 0 aliphatic rings. The molecule has 2 aromatic carbocycles. The van der Waals surface area contributed by atoms with Crippen molar-refractivity contribution in [3.8, 4) is 0 Å². The molecule has 1 nitrogen and oxygen atoms in total. The molecule has 108 valence electrons. The zero-order valence-electron chi connectivity index (χ0n) is 10.4. The molecule has 0 saturated carbocycles. The van der Waals surface area contributed by atoms with Gasteiger partial charge >= 0.3 is 0 Å². The van der Waals surface area contributed by atoms with Crippen molar-refractivity contribution >= 4 is 21.4 Å². The Morgan fingerprint density at radius 1 is 0.857 bits per heavy atom. The molecule has 3 rings (SSSR count). The summed E-state index contributed by atoms with van der Waals surface area (Å²) in [6, 6.07) is 6.57. The van der Waals surface area contributed by atoms with Crippen LogP contribution in [0, 0.1) is 23.3 Å². The van der Waals surface area contributed by atoms with Gasteiger partial charge in [-0.05, 0) is 23.6 Å². The number of hydrogen-bond donors (Lipinski definition) is 1. The van der Waals surface area contributed by atoms with Gasteiger partial charge in [-0.1, -0.05) is 6.07 Å². The van der Waals surface area contributed by atoms with E-state index >= 15 is 0 Å². The molecule has 1 heterocycles. The second kappa shape index (κ2) is 5.13. The monoisotopic (exact) mass is 312 g/mol. The van der Waals surface area contributed by atoms with Crippen molar-refractivity contribution in [3.05, 3.63) is 70.1 Å². The van der Waals surface area contributed by atoms with Gasteiger partial charge in [-0.25, -0.2) is 17.6 Å². The highest BCUT2D eigenvalue weighted by Gasteiger charge is 2.22. The fourth-order valence-corrected chi connectivity index (χ4v) is 3.20. The Bertz CT molecular complexity index is 805. The smallest absolute Gasteiger partial charge is 0.135 e. The van der Waals surface area contributed by atoms with E-state index in [1.165, 1.54) is 24.3 Å². The third-order valence-electron chi connectivity index (χ3n) is 3.09. The van der Waals surface area contributed by atoms with E-state index in [0.717, 1.165) is 11.3 Å². The average molecular weight is 312 g/mol. The summed E-state index contributed by atoms with van der Waals surface area (Å²) >= 11 is 1.02. The summed E-state index contributed by atoms with van der Waals surface area (Å²) in [4.78, 5) is 0.250. The van der Waals surface area contributed by atoms with Gasteiger partial charge in [-0.3, -0.25) is 0 Å². The van der Waals surface area contributed by atoms with Crippen molar-refractivity contribution in [1.29, 1.82) is 0 Å². The summed E-state index contributed by atoms with van der Waals surface area (Å²) in [5.74, 6) is -3.82. The maximum absolute atomic E-state index is 13.7. The van der Waals surface area contributed by atoms with Crippen molar-refractivity contribution in [2.24, 2.45) is 0 Å². The van der Waals surface area contributed by atoms with E-state index in [-0.39, 0.29) is 4.88 Å². The zero-order valence-corrected chi connectivity index (χ0v) is 11.2. The van der Waals surface area contributed by atoms with Crippen LogP contribution in [0.1, 0.15) is 16.5 Å². The lowest BCUT2D eigenvalue weighted by molar-refractivity contribution is 0.212. The van der Waals surface area contributed by atoms with Crippen LogP contribution in [0.15, 0.2) is 36.4 Å². The number of halogens is 4. The van der Waals surface area contributed by atoms with Gasteiger partial charge in [0.1, 0.15) is 29.4 Å². The Kier molecular flexibility index (Phi) is 3.43. The lowest BCUT2D eigenvalue weighted by Gasteiger charge is -2.11. The van der Waals surface area contributed by atoms with Gasteiger partial charge in [0.2, 0.25) is 0 Å². The predicted molar refractivity (Wildman–Crippen MR) is 72.2 cm³/mol. The van der Waals surface area contributed by atoms with Crippen molar-refractivity contribution in [2.75, 3.05) is 0 Å². The molecule has 0 amide bonds. The second-order valence-corrected chi connectivity index (χ2v) is 5.63. The number of aliphatic hydroxyl groups is 1. The van der Waals surface area contributed by atoms with E-state index in [4.69, 9.17) is 0 Å². The van der Waals surface area contributed by atoms with Crippen LogP contribution < -0.4 is 0 Å². The molecule has 0 radical (unpaired) electrons. The predicted octanol–water partition coefficient (Wildman–Crippen LogP) is 4.54. The number of fused-ring (bicyclic) bond motifs is 1. The van der Waals surface area contributed by atoms with Gasteiger partial charge in [-0.15, -0.1) is 11.3 Å². The summed E-state index contributed by atoms with van der Waals surface area (Å²) in [6.45, 7) is 0. The highest BCUT2D eigenvalue weighted by molar-refractivity contribution is 7.19. The summed E-state index contributed by atoms with van der Waals surface area (Å²) in [6.07, 6.45) is -1.58. The molecule has 0 aliphatic heterocycles. The zero-order chi connectivity index (χ0) is 15.1. The number of benzene rings is 2. The largest absolute Gasteiger partial charge is 0.383 e. The van der Waals surface area contributed by atoms with Crippen LogP contribution in [0.2, 0.25) is 0 Å². The first-order valence-electron chi connectivity index (χ1n) is 5.97. The quantitative estimate of drug-likeness (QED) is 0.689. The molecule has 1 unspecified atom stereocenters. The maximum Gasteiger partial charge on any atom is 0.135 e. The molecular formula is C15H8F4OS. The van der Waals surface area contributed by atoms with Crippen molar-refractivity contribution in [3.63, 3.8) is 0 Å². The average Bonchev–Trinajstić information content (AvgIpc) is 2.80. The molecule has 6 heteroatoms. The van der Waals surface area contributed by atoms with Crippen LogP contribution >= 0.6 is 11.3 Å². The highest BCUT2D eigenvalue weighted by atomic mass is 32.1. The summed E-state index contributed by atoms with van der Waals surface area (Å²) in [7, 11) is 0. The Labute approximate surface area is 121 Å². The standard InChI is InChI=1S/C15H8F4OS/c16-8-2-1-7-3-13(21-12(7)6-8)15(20)14-10(18)4-9(17)5-11(14)19/h1-6,15,20H. The van der Waals surface area contributed by atoms with E-state index in [0.29, 0.717) is 22.2 Å². The van der Waals surface area contributed by atoms with Gasteiger partial charge in [-0.2, -0.15) is 0 Å². The molecule has 1 atom stereocenters. The van der Waals surface area contributed by atoms with E-state index in [9.17, 15) is 22.7 Å². The third-order valence-corrected chi connectivity index (χ3v) is 4.24. The lowest BCUT2D eigenvalue weighted by Crippen LogP contribution is -2.05. The van der Waals surface area contributed by atoms with E-state index < -0.39 is 34.9 Å². The van der Waals surface area contributed by atoms with E-state index in [2.05, 4.69) is 0 Å². The normalized spacial score (nSPS) is 12.8. The number of aliphatic hydroxyl groups excluding tert-OH is 1. The van der Waals surface area contributed by atoms with Crippen molar-refractivity contribution < 1.29 is 22.7 Å². The summed E-state index contributed by atoms with van der Waals surface area (Å²) in [5, 5.41) is 10.8. The molecule has 21 heavy (non-hydrogen) atoms. The Morgan fingerprint density at radius 3 is 2.19 bits per heavy atom. The van der Waals surface area contributed by atoms with Crippen LogP contribution in [0.3, 0.4) is 0 Å². The number of hydrogen-bond acceptors (Lipinski definition) is 2. The first-order chi connectivity index (χ1) is 9.95. The minimum atomic E-state index is -1.58. The van der Waals surface area contributed by atoms with Gasteiger partial charge < -0.3 is 5.11 Å². The van der Waals surface area contributed by atoms with Crippen molar-refractivity contribution in [2.45, 2.75) is 6.10 Å². The van der Waals surface area contributed by atoms with Crippen LogP contribution in [0.4, 0.5) is 17.6 Å². The fourth-order valence-electron chi connectivity index (χ4n) is 2.12. The summed E-state index contributed by atoms with van der Waals surface area (Å²) in [5.41, 5.74) is -0.622. The van der Waals surface area contributed by atoms with Crippen LogP contribution in [-0.4, -0.2) is 5.11 Å². The highest BCUT2D eigenvalue weighted by Crippen LogP contribution is 2.35. The van der Waals surface area contributed by atoms with Gasteiger partial charge in [0, 0.05) is 21.7 Å². The first kappa shape index (κ1) is 14.0. The van der Waals surface area contributed by atoms with Crippen LogP contribution in [0.5, 0.6) is 0 Å². The van der Waals surface area contributed by atoms with E-state index in [1.54, 1.807) is 0 Å². The molecule has 1 N–H and O–H groups in total. The Morgan fingerprint density at radius 2 is 1.52 bits per heavy atom. The Hall–Kier alpha value is -1.92. The van der Waals surface area contributed by atoms with Crippen LogP contribution in [-0.2, 0) is 0 Å². The summed E-state index contributed by atoms with van der Waals surface area (Å²) < 4.78 is 53.9. The first-order valence-corrected chi connectivity index (χ1v) is 6.79. The lowest BCUT2D eigenvalue weighted by atomic mass is 10.1. The fraction of sp³-hybridized carbons (Fsp3) is 0.0667. The molecule has 0 aliphatic carbocycles. The number of rotatable bonds is 2. The Balaban J connectivity index is 2.10. The molecule has 3 aromatic rings. The minimum absolute atomic E-state index is 0.250. The molecule has 0 saturated heterocycles. The third kappa shape index (κ3) is 2.52. The SMILES string of the molecule is OC(c1cc2ccc(F)cc2s1)c1c(F)cc(F)cc1F.